The molecular formula is C13H17N3OS. The third-order valence-electron chi connectivity index (χ3n) is 3.43. The van der Waals surface area contributed by atoms with Crippen LogP contribution < -0.4 is 0 Å². The van der Waals surface area contributed by atoms with Crippen molar-refractivity contribution in [2.45, 2.75) is 38.3 Å². The van der Waals surface area contributed by atoms with Gasteiger partial charge >= 0.3 is 0 Å². The van der Waals surface area contributed by atoms with Crippen LogP contribution in [0.15, 0.2) is 22.0 Å². The Hall–Kier alpha value is -1.20. The van der Waals surface area contributed by atoms with E-state index in [0.717, 1.165) is 11.7 Å². The number of hydrogen-bond acceptors (Lipinski definition) is 5. The molecule has 0 aliphatic heterocycles. The van der Waals surface area contributed by atoms with Gasteiger partial charge < -0.3 is 4.52 Å². The number of hydrogen-bond donors (Lipinski definition) is 0. The second-order valence-corrected chi connectivity index (χ2v) is 5.91. The van der Waals surface area contributed by atoms with Gasteiger partial charge in [-0.1, -0.05) is 11.2 Å². The van der Waals surface area contributed by atoms with Gasteiger partial charge in [0.2, 0.25) is 5.89 Å². The Labute approximate surface area is 111 Å². The average molecular weight is 263 g/mol. The summed E-state index contributed by atoms with van der Waals surface area (Å²) in [6.07, 6.45) is 2.42. The summed E-state index contributed by atoms with van der Waals surface area (Å²) >= 11 is 1.78. The standard InChI is InChI=1S/C13H17N3OS/c1-9(11-4-3-7-18-11)16(2)8-12-14-13(15-17-12)10-5-6-10/h3-4,7,9-10H,5-6,8H2,1-2H3/t9-/m0/s1. The van der Waals surface area contributed by atoms with Crippen molar-refractivity contribution in [1.29, 1.82) is 0 Å². The first-order chi connectivity index (χ1) is 8.74. The van der Waals surface area contributed by atoms with E-state index in [9.17, 15) is 0 Å². The van der Waals surface area contributed by atoms with Crippen molar-refractivity contribution < 1.29 is 4.52 Å². The molecule has 2 aromatic rings. The molecule has 0 saturated heterocycles. The Morgan fingerprint density at radius 3 is 3.06 bits per heavy atom. The summed E-state index contributed by atoms with van der Waals surface area (Å²) in [5.41, 5.74) is 0. The Morgan fingerprint density at radius 1 is 1.56 bits per heavy atom. The predicted molar refractivity (Wildman–Crippen MR) is 70.5 cm³/mol. The zero-order chi connectivity index (χ0) is 12.5. The smallest absolute Gasteiger partial charge is 0.240 e. The monoisotopic (exact) mass is 263 g/mol. The number of nitrogens with zero attached hydrogens (tertiary/aromatic N) is 3. The third kappa shape index (κ3) is 2.47. The Morgan fingerprint density at radius 2 is 2.39 bits per heavy atom. The van der Waals surface area contributed by atoms with E-state index in [1.54, 1.807) is 11.3 Å². The van der Waals surface area contributed by atoms with Gasteiger partial charge in [0, 0.05) is 16.8 Å². The van der Waals surface area contributed by atoms with Gasteiger partial charge in [0.1, 0.15) is 0 Å². The van der Waals surface area contributed by atoms with E-state index < -0.39 is 0 Å². The SMILES string of the molecule is C[C@@H](c1cccs1)N(C)Cc1nc(C2CC2)no1. The van der Waals surface area contributed by atoms with Crippen LogP contribution in [-0.4, -0.2) is 22.1 Å². The molecule has 5 heteroatoms. The normalized spacial score (nSPS) is 17.3. The van der Waals surface area contributed by atoms with Gasteiger partial charge in [-0.3, -0.25) is 4.90 Å². The summed E-state index contributed by atoms with van der Waals surface area (Å²) in [4.78, 5) is 8.05. The lowest BCUT2D eigenvalue weighted by Crippen LogP contribution is -2.21. The van der Waals surface area contributed by atoms with Crippen LogP contribution in [0, 0.1) is 0 Å². The Bertz CT molecular complexity index is 504. The first-order valence-corrected chi connectivity index (χ1v) is 7.18. The van der Waals surface area contributed by atoms with Gasteiger partial charge in [0.15, 0.2) is 5.82 Å². The van der Waals surface area contributed by atoms with Gasteiger partial charge in [-0.15, -0.1) is 11.3 Å². The lowest BCUT2D eigenvalue weighted by Gasteiger charge is -2.21. The molecule has 1 aliphatic rings. The van der Waals surface area contributed by atoms with E-state index in [2.05, 4.69) is 46.5 Å². The molecule has 0 N–H and O–H groups in total. The molecule has 2 aromatic heterocycles. The first kappa shape index (κ1) is 11.9. The highest BCUT2D eigenvalue weighted by Gasteiger charge is 2.29. The van der Waals surface area contributed by atoms with E-state index in [1.807, 2.05) is 0 Å². The molecule has 1 fully saturated rings. The molecule has 96 valence electrons. The molecule has 18 heavy (non-hydrogen) atoms. The molecule has 0 radical (unpaired) electrons. The topological polar surface area (TPSA) is 42.2 Å². The van der Waals surface area contributed by atoms with E-state index in [0.29, 0.717) is 18.5 Å². The van der Waals surface area contributed by atoms with Crippen molar-refractivity contribution in [3.63, 3.8) is 0 Å². The van der Waals surface area contributed by atoms with E-state index in [1.165, 1.54) is 17.7 Å². The highest BCUT2D eigenvalue weighted by molar-refractivity contribution is 7.10. The van der Waals surface area contributed by atoms with Gasteiger partial charge in [-0.2, -0.15) is 4.98 Å². The van der Waals surface area contributed by atoms with Crippen molar-refractivity contribution in [2.24, 2.45) is 0 Å². The highest BCUT2D eigenvalue weighted by atomic mass is 32.1. The fraction of sp³-hybridized carbons (Fsp3) is 0.538. The Balaban J connectivity index is 1.64. The van der Waals surface area contributed by atoms with Crippen LogP contribution in [0.1, 0.15) is 48.3 Å². The van der Waals surface area contributed by atoms with E-state index in [4.69, 9.17) is 4.52 Å². The second-order valence-electron chi connectivity index (χ2n) is 4.93. The minimum Gasteiger partial charge on any atom is -0.338 e. The average Bonchev–Trinajstić information content (AvgIpc) is 2.91. The fourth-order valence-corrected chi connectivity index (χ4v) is 2.78. The molecule has 1 aliphatic carbocycles. The summed E-state index contributed by atoms with van der Waals surface area (Å²) in [5.74, 6) is 2.17. The van der Waals surface area contributed by atoms with Crippen molar-refractivity contribution in [1.82, 2.24) is 15.0 Å². The van der Waals surface area contributed by atoms with Crippen LogP contribution in [0.3, 0.4) is 0 Å². The third-order valence-corrected chi connectivity index (χ3v) is 4.47. The van der Waals surface area contributed by atoms with Crippen LogP contribution >= 0.6 is 11.3 Å². The second kappa shape index (κ2) is 4.82. The molecule has 0 spiro atoms. The molecule has 0 amide bonds. The number of aromatic nitrogens is 2. The van der Waals surface area contributed by atoms with Gasteiger partial charge in [-0.05, 0) is 38.3 Å². The van der Waals surface area contributed by atoms with Crippen molar-refractivity contribution >= 4 is 11.3 Å². The Kier molecular flexibility index (Phi) is 3.18. The highest BCUT2D eigenvalue weighted by Crippen LogP contribution is 2.38. The quantitative estimate of drug-likeness (QED) is 0.830. The molecule has 1 saturated carbocycles. The molecule has 3 rings (SSSR count). The maximum Gasteiger partial charge on any atom is 0.240 e. The minimum atomic E-state index is 0.376. The zero-order valence-corrected chi connectivity index (χ0v) is 11.5. The van der Waals surface area contributed by atoms with E-state index >= 15 is 0 Å². The first-order valence-electron chi connectivity index (χ1n) is 6.30. The predicted octanol–water partition coefficient (Wildman–Crippen LogP) is 3.20. The van der Waals surface area contributed by atoms with Crippen LogP contribution in [-0.2, 0) is 6.54 Å². The lowest BCUT2D eigenvalue weighted by atomic mass is 10.2. The van der Waals surface area contributed by atoms with Crippen LogP contribution in [0.5, 0.6) is 0 Å². The minimum absolute atomic E-state index is 0.376. The molecule has 0 aromatic carbocycles. The molecule has 2 heterocycles. The van der Waals surface area contributed by atoms with Crippen molar-refractivity contribution in [3.05, 3.63) is 34.1 Å². The van der Waals surface area contributed by atoms with Gasteiger partial charge in [0.05, 0.1) is 6.54 Å². The maximum atomic E-state index is 5.30. The van der Waals surface area contributed by atoms with Gasteiger partial charge in [-0.25, -0.2) is 0 Å². The maximum absolute atomic E-state index is 5.30. The number of thiophene rings is 1. The van der Waals surface area contributed by atoms with Crippen molar-refractivity contribution in [3.8, 4) is 0 Å². The van der Waals surface area contributed by atoms with Crippen LogP contribution in [0.25, 0.3) is 0 Å². The largest absolute Gasteiger partial charge is 0.338 e. The summed E-state index contributed by atoms with van der Waals surface area (Å²) in [6.45, 7) is 2.91. The summed E-state index contributed by atoms with van der Waals surface area (Å²) in [5, 5.41) is 6.15. The fourth-order valence-electron chi connectivity index (χ4n) is 1.94. The summed E-state index contributed by atoms with van der Waals surface area (Å²) < 4.78 is 5.30. The molecule has 0 bridgehead atoms. The van der Waals surface area contributed by atoms with Gasteiger partial charge in [0.25, 0.3) is 0 Å². The molecular weight excluding hydrogens is 246 g/mol. The van der Waals surface area contributed by atoms with Crippen LogP contribution in [0.2, 0.25) is 0 Å². The molecule has 1 atom stereocenters. The summed E-state index contributed by atoms with van der Waals surface area (Å²) in [6, 6.07) is 4.62. The van der Waals surface area contributed by atoms with E-state index in [-0.39, 0.29) is 0 Å². The van der Waals surface area contributed by atoms with Crippen molar-refractivity contribution in [2.75, 3.05) is 7.05 Å². The zero-order valence-electron chi connectivity index (χ0n) is 10.7. The lowest BCUT2D eigenvalue weighted by molar-refractivity contribution is 0.218. The molecule has 4 nitrogen and oxygen atoms in total. The summed E-state index contributed by atoms with van der Waals surface area (Å²) in [7, 11) is 2.09. The number of rotatable bonds is 5. The van der Waals surface area contributed by atoms with Crippen LogP contribution in [0.4, 0.5) is 0 Å². The molecule has 0 unspecified atom stereocenters.